The lowest BCUT2D eigenvalue weighted by Crippen LogP contribution is -2.46. The Bertz CT molecular complexity index is 621. The van der Waals surface area contributed by atoms with Gasteiger partial charge in [-0.2, -0.15) is 0 Å². The van der Waals surface area contributed by atoms with Gasteiger partial charge in [-0.25, -0.2) is 9.97 Å². The molecule has 3 rings (SSSR count). The number of benzene rings is 1. The SMILES string of the molecule is CC(C)CCNc1cc(N2CCN(c3ccccc3)CC2)ncn1. The van der Waals surface area contributed by atoms with Crippen LogP contribution in [0.2, 0.25) is 0 Å². The molecule has 1 N–H and O–H groups in total. The van der Waals surface area contributed by atoms with Gasteiger partial charge in [0.05, 0.1) is 0 Å². The fraction of sp³-hybridized carbons (Fsp3) is 0.474. The molecule has 1 saturated heterocycles. The molecule has 1 aromatic heterocycles. The summed E-state index contributed by atoms with van der Waals surface area (Å²) in [7, 11) is 0. The van der Waals surface area contributed by atoms with Gasteiger partial charge in [-0.15, -0.1) is 0 Å². The number of anilines is 3. The van der Waals surface area contributed by atoms with Crippen molar-refractivity contribution < 1.29 is 0 Å². The van der Waals surface area contributed by atoms with Crippen LogP contribution in [0.4, 0.5) is 17.3 Å². The van der Waals surface area contributed by atoms with Crippen molar-refractivity contribution in [3.05, 3.63) is 42.7 Å². The molecule has 5 nitrogen and oxygen atoms in total. The largest absolute Gasteiger partial charge is 0.370 e. The zero-order chi connectivity index (χ0) is 16.8. The molecular weight excluding hydrogens is 298 g/mol. The first-order chi connectivity index (χ1) is 11.7. The number of hydrogen-bond donors (Lipinski definition) is 1. The van der Waals surface area contributed by atoms with Gasteiger partial charge in [-0.1, -0.05) is 32.0 Å². The van der Waals surface area contributed by atoms with Gasteiger partial charge >= 0.3 is 0 Å². The molecule has 24 heavy (non-hydrogen) atoms. The maximum absolute atomic E-state index is 4.46. The second kappa shape index (κ2) is 7.99. The Kier molecular flexibility index (Phi) is 5.51. The highest BCUT2D eigenvalue weighted by Crippen LogP contribution is 2.20. The monoisotopic (exact) mass is 325 g/mol. The van der Waals surface area contributed by atoms with Crippen LogP contribution in [0.3, 0.4) is 0 Å². The summed E-state index contributed by atoms with van der Waals surface area (Å²) in [4.78, 5) is 13.6. The quantitative estimate of drug-likeness (QED) is 0.883. The van der Waals surface area contributed by atoms with E-state index in [4.69, 9.17) is 0 Å². The minimum atomic E-state index is 0.699. The van der Waals surface area contributed by atoms with Crippen LogP contribution < -0.4 is 15.1 Å². The third-order valence-electron chi connectivity index (χ3n) is 4.41. The zero-order valence-electron chi connectivity index (χ0n) is 14.7. The highest BCUT2D eigenvalue weighted by molar-refractivity contribution is 5.52. The summed E-state index contributed by atoms with van der Waals surface area (Å²) in [6, 6.07) is 12.7. The summed E-state index contributed by atoms with van der Waals surface area (Å²) in [6.07, 6.45) is 2.81. The average Bonchev–Trinajstić information content (AvgIpc) is 2.63. The van der Waals surface area contributed by atoms with Crippen LogP contribution in [0.5, 0.6) is 0 Å². The van der Waals surface area contributed by atoms with E-state index in [0.29, 0.717) is 5.92 Å². The summed E-state index contributed by atoms with van der Waals surface area (Å²) < 4.78 is 0. The number of rotatable bonds is 6. The van der Waals surface area contributed by atoms with Crippen molar-refractivity contribution >= 4 is 17.3 Å². The lowest BCUT2D eigenvalue weighted by molar-refractivity contribution is 0.606. The number of piperazine rings is 1. The van der Waals surface area contributed by atoms with Crippen molar-refractivity contribution in [2.24, 2.45) is 5.92 Å². The number of nitrogens with zero attached hydrogens (tertiary/aromatic N) is 4. The van der Waals surface area contributed by atoms with Gasteiger partial charge in [0.25, 0.3) is 0 Å². The van der Waals surface area contributed by atoms with E-state index in [0.717, 1.165) is 50.8 Å². The van der Waals surface area contributed by atoms with Crippen LogP contribution in [0.15, 0.2) is 42.7 Å². The van der Waals surface area contributed by atoms with Crippen molar-refractivity contribution in [3.63, 3.8) is 0 Å². The molecule has 0 amide bonds. The first kappa shape index (κ1) is 16.6. The predicted octanol–water partition coefficient (Wildman–Crippen LogP) is 3.26. The fourth-order valence-corrected chi connectivity index (χ4v) is 2.94. The number of para-hydroxylation sites is 1. The number of nitrogens with one attached hydrogen (secondary N) is 1. The van der Waals surface area contributed by atoms with Crippen LogP contribution in [-0.4, -0.2) is 42.7 Å². The topological polar surface area (TPSA) is 44.3 Å². The third-order valence-corrected chi connectivity index (χ3v) is 4.41. The molecule has 0 saturated carbocycles. The lowest BCUT2D eigenvalue weighted by atomic mass is 10.1. The van der Waals surface area contributed by atoms with E-state index < -0.39 is 0 Å². The minimum absolute atomic E-state index is 0.699. The molecule has 0 aliphatic carbocycles. The van der Waals surface area contributed by atoms with Crippen LogP contribution in [0.1, 0.15) is 20.3 Å². The second-order valence-electron chi connectivity index (χ2n) is 6.68. The Morgan fingerprint density at radius 2 is 1.71 bits per heavy atom. The number of hydrogen-bond acceptors (Lipinski definition) is 5. The average molecular weight is 325 g/mol. The molecule has 2 heterocycles. The predicted molar refractivity (Wildman–Crippen MR) is 101 cm³/mol. The summed E-state index contributed by atoms with van der Waals surface area (Å²) in [5, 5.41) is 3.40. The highest BCUT2D eigenvalue weighted by atomic mass is 15.3. The molecule has 1 aliphatic heterocycles. The highest BCUT2D eigenvalue weighted by Gasteiger charge is 2.18. The summed E-state index contributed by atoms with van der Waals surface area (Å²) in [6.45, 7) is 9.43. The molecule has 0 radical (unpaired) electrons. The van der Waals surface area contributed by atoms with Crippen LogP contribution >= 0.6 is 0 Å². The van der Waals surface area contributed by atoms with Crippen molar-refractivity contribution in [1.29, 1.82) is 0 Å². The van der Waals surface area contributed by atoms with Crippen molar-refractivity contribution in [3.8, 4) is 0 Å². The smallest absolute Gasteiger partial charge is 0.134 e. The van der Waals surface area contributed by atoms with E-state index in [1.807, 2.05) is 0 Å². The summed E-state index contributed by atoms with van der Waals surface area (Å²) in [5.74, 6) is 2.64. The Morgan fingerprint density at radius 1 is 1.00 bits per heavy atom. The molecule has 2 aromatic rings. The second-order valence-corrected chi connectivity index (χ2v) is 6.68. The maximum atomic E-state index is 4.46. The van der Waals surface area contributed by atoms with Gasteiger partial charge < -0.3 is 15.1 Å². The normalized spacial score (nSPS) is 15.0. The standard InChI is InChI=1S/C19H27N5/c1-16(2)8-9-20-18-14-19(22-15-21-18)24-12-10-23(11-13-24)17-6-4-3-5-7-17/h3-7,14-16H,8-13H2,1-2H3,(H,20,21,22). The van der Waals surface area contributed by atoms with E-state index in [1.54, 1.807) is 6.33 Å². The minimum Gasteiger partial charge on any atom is -0.370 e. The van der Waals surface area contributed by atoms with Gasteiger partial charge in [0.2, 0.25) is 0 Å². The molecule has 128 valence electrons. The molecule has 1 fully saturated rings. The van der Waals surface area contributed by atoms with Crippen molar-refractivity contribution in [1.82, 2.24) is 9.97 Å². The third kappa shape index (κ3) is 4.37. The molecule has 0 spiro atoms. The van der Waals surface area contributed by atoms with Crippen LogP contribution in [0.25, 0.3) is 0 Å². The van der Waals surface area contributed by atoms with E-state index in [-0.39, 0.29) is 0 Å². The number of aromatic nitrogens is 2. The molecule has 1 aliphatic rings. The van der Waals surface area contributed by atoms with Crippen LogP contribution in [-0.2, 0) is 0 Å². The van der Waals surface area contributed by atoms with Gasteiger partial charge in [-0.3, -0.25) is 0 Å². The van der Waals surface area contributed by atoms with Gasteiger partial charge in [0.15, 0.2) is 0 Å². The van der Waals surface area contributed by atoms with E-state index in [1.165, 1.54) is 5.69 Å². The van der Waals surface area contributed by atoms with Gasteiger partial charge in [0.1, 0.15) is 18.0 Å². The Hall–Kier alpha value is -2.30. The first-order valence-corrected chi connectivity index (χ1v) is 8.83. The zero-order valence-corrected chi connectivity index (χ0v) is 14.7. The van der Waals surface area contributed by atoms with Crippen molar-refractivity contribution in [2.45, 2.75) is 20.3 Å². The maximum Gasteiger partial charge on any atom is 0.134 e. The van der Waals surface area contributed by atoms with Gasteiger partial charge in [0, 0.05) is 44.5 Å². The molecule has 0 atom stereocenters. The first-order valence-electron chi connectivity index (χ1n) is 8.83. The van der Waals surface area contributed by atoms with Gasteiger partial charge in [-0.05, 0) is 24.5 Å². The molecule has 5 heteroatoms. The molecule has 0 unspecified atom stereocenters. The van der Waals surface area contributed by atoms with E-state index in [9.17, 15) is 0 Å². The fourth-order valence-electron chi connectivity index (χ4n) is 2.94. The Labute approximate surface area is 144 Å². The lowest BCUT2D eigenvalue weighted by Gasteiger charge is -2.36. The van der Waals surface area contributed by atoms with E-state index in [2.05, 4.69) is 75.3 Å². The Balaban J connectivity index is 1.56. The molecule has 1 aromatic carbocycles. The molecular formula is C19H27N5. The summed E-state index contributed by atoms with van der Waals surface area (Å²) >= 11 is 0. The van der Waals surface area contributed by atoms with Crippen LogP contribution in [0, 0.1) is 5.92 Å². The molecule has 0 bridgehead atoms. The Morgan fingerprint density at radius 3 is 2.42 bits per heavy atom. The van der Waals surface area contributed by atoms with Crippen molar-refractivity contribution in [2.75, 3.05) is 47.8 Å². The van der Waals surface area contributed by atoms with E-state index >= 15 is 0 Å². The summed E-state index contributed by atoms with van der Waals surface area (Å²) in [5.41, 5.74) is 1.30.